The summed E-state index contributed by atoms with van der Waals surface area (Å²) in [5, 5.41) is 0. The lowest BCUT2D eigenvalue weighted by atomic mass is 9.79. The van der Waals surface area contributed by atoms with Gasteiger partial charge in [-0.2, -0.15) is 0 Å². The lowest BCUT2D eigenvalue weighted by molar-refractivity contribution is -0.0977. The minimum atomic E-state index is -0.267. The summed E-state index contributed by atoms with van der Waals surface area (Å²) in [7, 11) is 1.77. The second-order valence-corrected chi connectivity index (χ2v) is 8.89. The van der Waals surface area contributed by atoms with Gasteiger partial charge in [0.25, 0.3) is 5.91 Å². The summed E-state index contributed by atoms with van der Waals surface area (Å²) < 4.78 is 12.2. The Kier molecular flexibility index (Phi) is 5.12. The normalized spacial score (nSPS) is 29.8. The highest BCUT2D eigenvalue weighted by atomic mass is 16.5. The van der Waals surface area contributed by atoms with Crippen LogP contribution in [-0.4, -0.2) is 59.6 Å². The van der Waals surface area contributed by atoms with Crippen molar-refractivity contribution in [3.63, 3.8) is 0 Å². The van der Waals surface area contributed by atoms with E-state index in [0.29, 0.717) is 17.8 Å². The van der Waals surface area contributed by atoms with E-state index in [9.17, 15) is 9.59 Å². The van der Waals surface area contributed by atoms with Gasteiger partial charge < -0.3 is 19.4 Å². The molecule has 3 atom stereocenters. The highest BCUT2D eigenvalue weighted by Gasteiger charge is 2.53. The predicted molar refractivity (Wildman–Crippen MR) is 106 cm³/mol. The number of rotatable bonds is 6. The number of ether oxygens (including phenoxy) is 2. The number of H-pyrrole nitrogens is 1. The molecule has 1 amide bonds. The molecule has 2 saturated carbocycles. The Morgan fingerprint density at radius 1 is 1.21 bits per heavy atom. The van der Waals surface area contributed by atoms with E-state index >= 15 is 0 Å². The van der Waals surface area contributed by atoms with Crippen LogP contribution in [0.4, 0.5) is 0 Å². The van der Waals surface area contributed by atoms with Gasteiger partial charge in [-0.3, -0.25) is 9.59 Å². The highest BCUT2D eigenvalue weighted by molar-refractivity contribution is 6.02. The van der Waals surface area contributed by atoms with Crippen molar-refractivity contribution in [2.24, 2.45) is 5.92 Å². The van der Waals surface area contributed by atoms with Crippen molar-refractivity contribution in [1.82, 2.24) is 9.88 Å². The van der Waals surface area contributed by atoms with Crippen LogP contribution in [0.1, 0.15) is 77.6 Å². The molecule has 4 rings (SSSR count). The summed E-state index contributed by atoms with van der Waals surface area (Å²) in [6.07, 6.45) is 6.38. The van der Waals surface area contributed by atoms with Crippen LogP contribution in [0, 0.1) is 19.8 Å². The number of nitrogens with zero attached hydrogens (tertiary/aromatic N) is 1. The van der Waals surface area contributed by atoms with E-state index in [-0.39, 0.29) is 29.4 Å². The zero-order valence-electron chi connectivity index (χ0n) is 17.5. The number of carbonyl (C=O) groups is 2. The number of fused-ring (bicyclic) bond motifs is 1. The lowest BCUT2D eigenvalue weighted by Crippen LogP contribution is -2.53. The molecular weight excluding hydrogens is 356 g/mol. The van der Waals surface area contributed by atoms with Crippen molar-refractivity contribution < 1.29 is 19.1 Å². The molecule has 3 aliphatic rings. The average Bonchev–Trinajstić information content (AvgIpc) is 3.35. The molecule has 0 aromatic carbocycles. The molecule has 1 N–H and O–H groups in total. The third kappa shape index (κ3) is 3.30. The number of hydrogen-bond acceptors (Lipinski definition) is 4. The summed E-state index contributed by atoms with van der Waals surface area (Å²) in [6, 6.07) is 0.0254. The fourth-order valence-electron chi connectivity index (χ4n) is 5.18. The number of amides is 1. The van der Waals surface area contributed by atoms with Crippen molar-refractivity contribution in [1.29, 1.82) is 0 Å². The van der Waals surface area contributed by atoms with E-state index in [4.69, 9.17) is 9.47 Å². The summed E-state index contributed by atoms with van der Waals surface area (Å²) in [6.45, 7) is 6.79. The Balaban J connectivity index is 1.56. The van der Waals surface area contributed by atoms with Gasteiger partial charge in [-0.25, -0.2) is 0 Å². The van der Waals surface area contributed by atoms with Gasteiger partial charge in [-0.15, -0.1) is 0 Å². The number of aromatic nitrogens is 1. The molecule has 0 spiro atoms. The first-order valence-corrected chi connectivity index (χ1v) is 10.5. The molecule has 3 fully saturated rings. The molecule has 0 unspecified atom stereocenters. The van der Waals surface area contributed by atoms with Crippen LogP contribution in [0.15, 0.2) is 0 Å². The van der Waals surface area contributed by atoms with Crippen molar-refractivity contribution in [2.75, 3.05) is 20.3 Å². The second kappa shape index (κ2) is 7.30. The van der Waals surface area contributed by atoms with E-state index in [1.54, 1.807) is 7.11 Å². The Bertz CT molecular complexity index is 782. The van der Waals surface area contributed by atoms with Crippen LogP contribution in [0.2, 0.25) is 0 Å². The topological polar surface area (TPSA) is 71.6 Å². The van der Waals surface area contributed by atoms with Crippen LogP contribution in [0.25, 0.3) is 0 Å². The first kappa shape index (κ1) is 19.6. The van der Waals surface area contributed by atoms with Crippen LogP contribution in [0.3, 0.4) is 0 Å². The zero-order chi connectivity index (χ0) is 20.1. The molecule has 1 aromatic heterocycles. The second-order valence-electron chi connectivity index (χ2n) is 8.89. The van der Waals surface area contributed by atoms with Gasteiger partial charge in [0, 0.05) is 32.9 Å². The molecule has 0 radical (unpaired) electrons. The van der Waals surface area contributed by atoms with Gasteiger partial charge >= 0.3 is 0 Å². The summed E-state index contributed by atoms with van der Waals surface area (Å²) in [5.74, 6) is 0.703. The number of likely N-dealkylation sites (tertiary alicyclic amines) is 1. The average molecular weight is 389 g/mol. The lowest BCUT2D eigenvalue weighted by Gasteiger charge is -2.43. The minimum absolute atomic E-state index is 0.00511. The largest absolute Gasteiger partial charge is 0.378 e. The molecule has 2 heterocycles. The quantitative estimate of drug-likeness (QED) is 0.758. The third-order valence-electron chi connectivity index (χ3n) is 7.07. The maximum atomic E-state index is 13.5. The molecule has 0 bridgehead atoms. The Hall–Kier alpha value is -1.66. The maximum Gasteiger partial charge on any atom is 0.256 e. The Morgan fingerprint density at radius 2 is 1.96 bits per heavy atom. The maximum absolute atomic E-state index is 13.5. The van der Waals surface area contributed by atoms with E-state index < -0.39 is 0 Å². The number of nitrogens with one attached hydrogen (secondary N) is 1. The van der Waals surface area contributed by atoms with Gasteiger partial charge in [0.05, 0.1) is 29.0 Å². The van der Waals surface area contributed by atoms with Gasteiger partial charge in [0.2, 0.25) is 0 Å². The molecule has 6 heteroatoms. The monoisotopic (exact) mass is 388 g/mol. The van der Waals surface area contributed by atoms with E-state index in [1.165, 1.54) is 19.8 Å². The van der Waals surface area contributed by atoms with Crippen LogP contribution < -0.4 is 0 Å². The summed E-state index contributed by atoms with van der Waals surface area (Å²) >= 11 is 0. The van der Waals surface area contributed by atoms with Crippen LogP contribution in [0.5, 0.6) is 0 Å². The third-order valence-corrected chi connectivity index (χ3v) is 7.07. The first-order valence-electron chi connectivity index (χ1n) is 10.5. The Morgan fingerprint density at radius 3 is 2.57 bits per heavy atom. The van der Waals surface area contributed by atoms with Crippen molar-refractivity contribution in [2.45, 2.75) is 77.0 Å². The molecule has 2 aliphatic carbocycles. The molecular formula is C22H32N2O4. The molecule has 28 heavy (non-hydrogen) atoms. The number of aromatic amines is 1. The summed E-state index contributed by atoms with van der Waals surface area (Å²) in [4.78, 5) is 30.5. The van der Waals surface area contributed by atoms with Crippen LogP contribution in [-0.2, 0) is 9.47 Å². The standard InChI is InChI=1S/C22H32N2O4/c1-13-19(14(2)23-20(13)15(3)25)21(26)24-10-9-22(27-4)8-7-17(11-18(22)24)28-12-16-5-6-16/h16-18,23H,5-12H2,1-4H3/t17-,18+,22-/m1/s1. The smallest absolute Gasteiger partial charge is 0.256 e. The number of aryl methyl sites for hydroxylation is 1. The predicted octanol–water partition coefficient (Wildman–Crippen LogP) is 3.41. The van der Waals surface area contributed by atoms with Gasteiger partial charge in [0.15, 0.2) is 5.78 Å². The molecule has 1 aromatic rings. The highest BCUT2D eigenvalue weighted by Crippen LogP contribution is 2.44. The molecule has 154 valence electrons. The van der Waals surface area contributed by atoms with Gasteiger partial charge in [-0.1, -0.05) is 0 Å². The molecule has 1 aliphatic heterocycles. The fraction of sp³-hybridized carbons (Fsp3) is 0.727. The number of ketones is 1. The molecule has 6 nitrogen and oxygen atoms in total. The minimum Gasteiger partial charge on any atom is -0.378 e. The number of Topliss-reactive ketones (excluding diaryl/α,β-unsaturated/α-hetero) is 1. The van der Waals surface area contributed by atoms with Crippen LogP contribution >= 0.6 is 0 Å². The van der Waals surface area contributed by atoms with E-state index in [2.05, 4.69) is 4.98 Å². The number of hydrogen-bond donors (Lipinski definition) is 1. The molecule has 1 saturated heterocycles. The summed E-state index contributed by atoms with van der Waals surface area (Å²) in [5.41, 5.74) is 2.42. The van der Waals surface area contributed by atoms with Gasteiger partial charge in [0.1, 0.15) is 0 Å². The number of carbonyl (C=O) groups excluding carboxylic acids is 2. The van der Waals surface area contributed by atoms with E-state index in [0.717, 1.165) is 49.5 Å². The van der Waals surface area contributed by atoms with Gasteiger partial charge in [-0.05, 0) is 63.9 Å². The fourth-order valence-corrected chi connectivity index (χ4v) is 5.18. The van der Waals surface area contributed by atoms with Crippen molar-refractivity contribution >= 4 is 11.7 Å². The Labute approximate surface area is 167 Å². The van der Waals surface area contributed by atoms with E-state index in [1.807, 2.05) is 18.7 Å². The van der Waals surface area contributed by atoms with Crippen molar-refractivity contribution in [3.05, 3.63) is 22.5 Å². The van der Waals surface area contributed by atoms with Crippen molar-refractivity contribution in [3.8, 4) is 0 Å². The zero-order valence-corrected chi connectivity index (χ0v) is 17.5. The SMILES string of the molecule is CO[C@@]12CC[C@@H](OCC3CC3)C[C@@H]1N(C(=O)c1c(C)[nH]c(C(C)=O)c1C)CC2. The first-order chi connectivity index (χ1) is 13.4. The number of methoxy groups -OCH3 is 1.